The normalized spacial score (nSPS) is 11.8. The fourth-order valence-corrected chi connectivity index (χ4v) is 5.55. The zero-order valence-corrected chi connectivity index (χ0v) is 25.6. The highest BCUT2D eigenvalue weighted by atomic mass is 35.5. The Kier molecular flexibility index (Phi) is 10.8. The first-order valence-electron chi connectivity index (χ1n) is 13.7. The highest BCUT2D eigenvalue weighted by Gasteiger charge is 2.32. The number of amides is 2. The van der Waals surface area contributed by atoms with Crippen molar-refractivity contribution in [1.29, 1.82) is 0 Å². The average molecular weight is 620 g/mol. The van der Waals surface area contributed by atoms with Crippen LogP contribution in [0.3, 0.4) is 0 Å². The summed E-state index contributed by atoms with van der Waals surface area (Å²) in [5.41, 5.74) is 2.90. The van der Waals surface area contributed by atoms with E-state index in [0.717, 1.165) is 27.3 Å². The van der Waals surface area contributed by atoms with Crippen molar-refractivity contribution < 1.29 is 22.7 Å². The molecule has 224 valence electrons. The molecule has 1 atom stereocenters. The molecule has 4 rings (SSSR count). The summed E-state index contributed by atoms with van der Waals surface area (Å²) in [4.78, 5) is 28.6. The predicted molar refractivity (Wildman–Crippen MR) is 169 cm³/mol. The number of carbonyl (C=O) groups is 2. The number of ether oxygens (including phenoxy) is 1. The second kappa shape index (κ2) is 14.7. The summed E-state index contributed by atoms with van der Waals surface area (Å²) in [6, 6.07) is 31.6. The number of sulfonamides is 1. The van der Waals surface area contributed by atoms with Crippen molar-refractivity contribution in [3.63, 3.8) is 0 Å². The van der Waals surface area contributed by atoms with E-state index in [0.29, 0.717) is 23.1 Å². The molecule has 1 N–H and O–H groups in total. The SMILES string of the molecule is CNC(=O)[C@H](Cc1ccccc1)N(Cc1ccc(Cl)cc1)C(=O)CN(c1ccc(OCc2ccccc2)cc1)S(C)(=O)=O. The molecule has 0 aromatic heterocycles. The third kappa shape index (κ3) is 9.07. The molecule has 10 heteroatoms. The van der Waals surface area contributed by atoms with Crippen LogP contribution in [-0.4, -0.2) is 51.0 Å². The average Bonchev–Trinajstić information content (AvgIpc) is 3.01. The summed E-state index contributed by atoms with van der Waals surface area (Å²) < 4.78 is 32.8. The summed E-state index contributed by atoms with van der Waals surface area (Å²) in [6.07, 6.45) is 1.29. The number of likely N-dealkylation sites (N-methyl/N-ethyl adjacent to an activating group) is 1. The molecule has 0 aliphatic carbocycles. The molecule has 0 saturated carbocycles. The maximum Gasteiger partial charge on any atom is 0.244 e. The van der Waals surface area contributed by atoms with Gasteiger partial charge in [0.2, 0.25) is 21.8 Å². The number of nitrogens with zero attached hydrogens (tertiary/aromatic N) is 2. The van der Waals surface area contributed by atoms with Gasteiger partial charge in [-0.15, -0.1) is 0 Å². The predicted octanol–water partition coefficient (Wildman–Crippen LogP) is 5.07. The van der Waals surface area contributed by atoms with Crippen LogP contribution in [0.1, 0.15) is 16.7 Å². The van der Waals surface area contributed by atoms with Crippen molar-refractivity contribution in [2.24, 2.45) is 0 Å². The van der Waals surface area contributed by atoms with E-state index in [2.05, 4.69) is 5.32 Å². The molecular formula is C33H34ClN3O5S. The van der Waals surface area contributed by atoms with Gasteiger partial charge in [0.25, 0.3) is 0 Å². The fraction of sp³-hybridized carbons (Fsp3) is 0.212. The number of benzene rings is 4. The largest absolute Gasteiger partial charge is 0.489 e. The molecular weight excluding hydrogens is 586 g/mol. The minimum Gasteiger partial charge on any atom is -0.489 e. The summed E-state index contributed by atoms with van der Waals surface area (Å²) >= 11 is 6.08. The Morgan fingerprint density at radius 1 is 0.814 bits per heavy atom. The molecule has 0 fully saturated rings. The van der Waals surface area contributed by atoms with Gasteiger partial charge >= 0.3 is 0 Å². The fourth-order valence-electron chi connectivity index (χ4n) is 4.57. The van der Waals surface area contributed by atoms with E-state index in [4.69, 9.17) is 16.3 Å². The number of halogens is 1. The molecule has 0 radical (unpaired) electrons. The van der Waals surface area contributed by atoms with Gasteiger partial charge in [0.15, 0.2) is 0 Å². The molecule has 8 nitrogen and oxygen atoms in total. The molecule has 0 unspecified atom stereocenters. The van der Waals surface area contributed by atoms with Gasteiger partial charge in [0.1, 0.15) is 24.9 Å². The van der Waals surface area contributed by atoms with Gasteiger partial charge in [-0.25, -0.2) is 8.42 Å². The summed E-state index contributed by atoms with van der Waals surface area (Å²) in [5.74, 6) is -0.342. The van der Waals surface area contributed by atoms with E-state index >= 15 is 0 Å². The molecule has 43 heavy (non-hydrogen) atoms. The van der Waals surface area contributed by atoms with Gasteiger partial charge < -0.3 is 15.0 Å². The van der Waals surface area contributed by atoms with Crippen molar-refractivity contribution in [3.05, 3.63) is 131 Å². The molecule has 0 saturated heterocycles. The minimum absolute atomic E-state index is 0.0742. The van der Waals surface area contributed by atoms with Crippen LogP contribution in [0.2, 0.25) is 5.02 Å². The minimum atomic E-state index is -3.88. The Bertz CT molecular complexity index is 1600. The van der Waals surface area contributed by atoms with Crippen LogP contribution < -0.4 is 14.4 Å². The second-order valence-electron chi connectivity index (χ2n) is 10.0. The Hall–Kier alpha value is -4.34. The molecule has 0 bridgehead atoms. The van der Waals surface area contributed by atoms with Crippen LogP contribution in [0.5, 0.6) is 5.75 Å². The second-order valence-corrected chi connectivity index (χ2v) is 12.3. The highest BCUT2D eigenvalue weighted by molar-refractivity contribution is 7.92. The smallest absolute Gasteiger partial charge is 0.244 e. The van der Waals surface area contributed by atoms with E-state index in [-0.39, 0.29) is 18.9 Å². The maximum atomic E-state index is 14.0. The van der Waals surface area contributed by atoms with E-state index in [9.17, 15) is 18.0 Å². The number of rotatable bonds is 13. The number of anilines is 1. The van der Waals surface area contributed by atoms with Gasteiger partial charge in [-0.3, -0.25) is 13.9 Å². The molecule has 4 aromatic rings. The lowest BCUT2D eigenvalue weighted by atomic mass is 10.0. The van der Waals surface area contributed by atoms with Gasteiger partial charge in [0, 0.05) is 25.0 Å². The summed E-state index contributed by atoms with van der Waals surface area (Å²) in [7, 11) is -2.37. The first-order chi connectivity index (χ1) is 20.6. The van der Waals surface area contributed by atoms with Crippen LogP contribution >= 0.6 is 11.6 Å². The zero-order chi connectivity index (χ0) is 30.8. The van der Waals surface area contributed by atoms with E-state index < -0.39 is 28.5 Å². The number of carbonyl (C=O) groups excluding carboxylic acids is 2. The van der Waals surface area contributed by atoms with Gasteiger partial charge in [-0.1, -0.05) is 84.4 Å². The van der Waals surface area contributed by atoms with E-state index in [1.165, 1.54) is 11.9 Å². The molecule has 0 heterocycles. The summed E-state index contributed by atoms with van der Waals surface area (Å²) in [6.45, 7) is -0.0693. The highest BCUT2D eigenvalue weighted by Crippen LogP contribution is 2.24. The molecule has 0 aliphatic rings. The molecule has 0 spiro atoms. The van der Waals surface area contributed by atoms with Crippen LogP contribution in [0.4, 0.5) is 5.69 Å². The van der Waals surface area contributed by atoms with Gasteiger partial charge in [-0.05, 0) is 53.1 Å². The standard InChI is InChI=1S/C33H34ClN3O5S/c1-35-33(39)31(21-25-9-5-3-6-10-25)36(22-26-13-15-28(34)16-14-26)32(38)23-37(43(2,40)41)29-17-19-30(20-18-29)42-24-27-11-7-4-8-12-27/h3-20,31H,21-24H2,1-2H3,(H,35,39)/t31-/m0/s1. The lowest BCUT2D eigenvalue weighted by Crippen LogP contribution is -2.52. The van der Waals surface area contributed by atoms with E-state index in [1.807, 2.05) is 60.7 Å². The van der Waals surface area contributed by atoms with Gasteiger partial charge in [0.05, 0.1) is 11.9 Å². The lowest BCUT2D eigenvalue weighted by molar-refractivity contribution is -0.139. The summed E-state index contributed by atoms with van der Waals surface area (Å²) in [5, 5.41) is 3.20. The Morgan fingerprint density at radius 3 is 1.95 bits per heavy atom. The van der Waals surface area contributed by atoms with Crippen molar-refractivity contribution >= 4 is 39.1 Å². The molecule has 2 amide bonds. The topological polar surface area (TPSA) is 96.0 Å². The number of nitrogens with one attached hydrogen (secondary N) is 1. The van der Waals surface area contributed by atoms with Crippen LogP contribution in [0.25, 0.3) is 0 Å². The van der Waals surface area contributed by atoms with Crippen LogP contribution in [0.15, 0.2) is 109 Å². The van der Waals surface area contributed by atoms with Gasteiger partial charge in [-0.2, -0.15) is 0 Å². The molecule has 4 aromatic carbocycles. The number of hydrogen-bond acceptors (Lipinski definition) is 5. The number of hydrogen-bond donors (Lipinski definition) is 1. The first-order valence-corrected chi connectivity index (χ1v) is 15.9. The zero-order valence-electron chi connectivity index (χ0n) is 24.0. The first kappa shape index (κ1) is 31.6. The Morgan fingerprint density at radius 2 is 1.40 bits per heavy atom. The maximum absolute atomic E-state index is 14.0. The third-order valence-corrected chi connectivity index (χ3v) is 8.23. The van der Waals surface area contributed by atoms with Crippen molar-refractivity contribution in [3.8, 4) is 5.75 Å². The van der Waals surface area contributed by atoms with Crippen molar-refractivity contribution in [1.82, 2.24) is 10.2 Å². The van der Waals surface area contributed by atoms with E-state index in [1.54, 1.807) is 48.5 Å². The quantitative estimate of drug-likeness (QED) is 0.225. The van der Waals surface area contributed by atoms with Crippen molar-refractivity contribution in [2.75, 3.05) is 24.2 Å². The lowest BCUT2D eigenvalue weighted by Gasteiger charge is -2.33. The Labute approximate surface area is 257 Å². The Balaban J connectivity index is 1.61. The monoisotopic (exact) mass is 619 g/mol. The van der Waals surface area contributed by atoms with Crippen LogP contribution in [0, 0.1) is 0 Å². The molecule has 0 aliphatic heterocycles. The van der Waals surface area contributed by atoms with Crippen LogP contribution in [-0.2, 0) is 39.2 Å². The van der Waals surface area contributed by atoms with Crippen molar-refractivity contribution in [2.45, 2.75) is 25.6 Å². The third-order valence-electron chi connectivity index (χ3n) is 6.84.